The first-order valence-corrected chi connectivity index (χ1v) is 3.19. The quantitative estimate of drug-likeness (QED) is 0.416. The molecule has 9 heavy (non-hydrogen) atoms. The van der Waals surface area contributed by atoms with E-state index in [1.54, 1.807) is 11.2 Å². The minimum Gasteiger partial charge on any atom is -0.277 e. The van der Waals surface area contributed by atoms with Crippen LogP contribution in [0.3, 0.4) is 0 Å². The van der Waals surface area contributed by atoms with Gasteiger partial charge in [0, 0.05) is 19.5 Å². The molecule has 0 spiro atoms. The largest absolute Gasteiger partial charge is 0.277 e. The van der Waals surface area contributed by atoms with Gasteiger partial charge in [0.1, 0.15) is 0 Å². The van der Waals surface area contributed by atoms with Crippen LogP contribution in [0.2, 0.25) is 0 Å². The first-order chi connectivity index (χ1) is 4.31. The van der Waals surface area contributed by atoms with Crippen LogP contribution < -0.4 is 0 Å². The van der Waals surface area contributed by atoms with Crippen LogP contribution in [0.25, 0.3) is 0 Å². The number of allylic oxidation sites excluding steroid dienone is 1. The predicted octanol–water partition coefficient (Wildman–Crippen LogP) is 1.85. The third kappa shape index (κ3) is 5.07. The van der Waals surface area contributed by atoms with E-state index >= 15 is 0 Å². The van der Waals surface area contributed by atoms with Crippen molar-refractivity contribution in [3.63, 3.8) is 0 Å². The first kappa shape index (κ1) is 8.21. The molecular formula is C7H14N2. The van der Waals surface area contributed by atoms with Gasteiger partial charge in [-0.3, -0.25) is 5.01 Å². The lowest BCUT2D eigenvalue weighted by Gasteiger charge is -2.03. The summed E-state index contributed by atoms with van der Waals surface area (Å²) in [5.41, 5.74) is 0. The van der Waals surface area contributed by atoms with E-state index < -0.39 is 0 Å². The normalized spacial score (nSPS) is 11.4. The van der Waals surface area contributed by atoms with Crippen molar-refractivity contribution in [2.24, 2.45) is 5.10 Å². The molecule has 0 aromatic heterocycles. The minimum atomic E-state index is 1.06. The molecule has 0 aliphatic carbocycles. The third-order valence-corrected chi connectivity index (χ3v) is 0.854. The fraction of sp³-hybridized carbons (Fsp3) is 0.571. The molecule has 0 aromatic rings. The Morgan fingerprint density at radius 3 is 2.67 bits per heavy atom. The minimum absolute atomic E-state index is 1.06. The van der Waals surface area contributed by atoms with Gasteiger partial charge in [-0.15, -0.1) is 0 Å². The van der Waals surface area contributed by atoms with Gasteiger partial charge in [-0.2, -0.15) is 5.10 Å². The van der Waals surface area contributed by atoms with E-state index in [0.29, 0.717) is 0 Å². The van der Waals surface area contributed by atoms with E-state index in [0.717, 1.165) is 6.42 Å². The van der Waals surface area contributed by atoms with Gasteiger partial charge in [-0.25, -0.2) is 0 Å². The Morgan fingerprint density at radius 1 is 1.56 bits per heavy atom. The number of rotatable bonds is 3. The lowest BCUT2D eigenvalue weighted by Crippen LogP contribution is -1.99. The van der Waals surface area contributed by atoms with Crippen LogP contribution in [-0.2, 0) is 0 Å². The van der Waals surface area contributed by atoms with Crippen molar-refractivity contribution in [1.29, 1.82) is 0 Å². The maximum Gasteiger partial charge on any atom is 0.0296 e. The van der Waals surface area contributed by atoms with Gasteiger partial charge in [0.05, 0.1) is 0 Å². The molecule has 0 rings (SSSR count). The molecule has 0 N–H and O–H groups in total. The maximum absolute atomic E-state index is 3.98. The molecule has 0 heterocycles. The molecule has 0 fully saturated rings. The zero-order valence-electron chi connectivity index (χ0n) is 6.33. The van der Waals surface area contributed by atoms with Crippen molar-refractivity contribution in [1.82, 2.24) is 5.01 Å². The predicted molar refractivity (Wildman–Crippen MR) is 41.4 cm³/mol. The Balaban J connectivity index is 3.48. The zero-order valence-corrected chi connectivity index (χ0v) is 6.33. The highest BCUT2D eigenvalue weighted by molar-refractivity contribution is 5.52. The second-order valence-corrected chi connectivity index (χ2v) is 1.74. The monoisotopic (exact) mass is 126 g/mol. The van der Waals surface area contributed by atoms with Crippen LogP contribution in [0.1, 0.15) is 20.3 Å². The Hall–Kier alpha value is -0.790. The van der Waals surface area contributed by atoms with Crippen molar-refractivity contribution in [2.75, 3.05) is 7.05 Å². The van der Waals surface area contributed by atoms with Crippen LogP contribution >= 0.6 is 0 Å². The molecule has 0 aliphatic heterocycles. The molecule has 2 nitrogen and oxygen atoms in total. The average molecular weight is 126 g/mol. The van der Waals surface area contributed by atoms with Gasteiger partial charge in [0.15, 0.2) is 0 Å². The fourth-order valence-corrected chi connectivity index (χ4v) is 0.479. The Morgan fingerprint density at radius 2 is 2.22 bits per heavy atom. The lowest BCUT2D eigenvalue weighted by molar-refractivity contribution is 0.491. The van der Waals surface area contributed by atoms with Gasteiger partial charge in [0.2, 0.25) is 0 Å². The smallest absolute Gasteiger partial charge is 0.0296 e. The standard InChI is InChI=1S/C7H14N2/c1-4-6-7-9(3)8-5-2/h5-7H,4H2,1-3H3/b7-6-,8-5-. The number of hydrazone groups is 1. The van der Waals surface area contributed by atoms with Crippen molar-refractivity contribution >= 4 is 6.21 Å². The summed E-state index contributed by atoms with van der Waals surface area (Å²) in [6.07, 6.45) is 6.83. The van der Waals surface area contributed by atoms with Gasteiger partial charge in [-0.05, 0) is 13.3 Å². The molecule has 0 radical (unpaired) electrons. The highest BCUT2D eigenvalue weighted by atomic mass is 15.4. The second-order valence-electron chi connectivity index (χ2n) is 1.74. The summed E-state index contributed by atoms with van der Waals surface area (Å²) in [5.74, 6) is 0. The lowest BCUT2D eigenvalue weighted by atomic mass is 10.5. The summed E-state index contributed by atoms with van der Waals surface area (Å²) < 4.78 is 0. The van der Waals surface area contributed by atoms with E-state index in [1.165, 1.54) is 0 Å². The van der Waals surface area contributed by atoms with Crippen LogP contribution in [0.15, 0.2) is 17.4 Å². The van der Waals surface area contributed by atoms with E-state index in [2.05, 4.69) is 18.1 Å². The maximum atomic E-state index is 3.98. The number of nitrogens with zero attached hydrogens (tertiary/aromatic N) is 2. The Bertz CT molecular complexity index is 105. The first-order valence-electron chi connectivity index (χ1n) is 3.19. The topological polar surface area (TPSA) is 15.6 Å². The molecule has 0 aliphatic rings. The third-order valence-electron chi connectivity index (χ3n) is 0.854. The van der Waals surface area contributed by atoms with Crippen molar-refractivity contribution in [2.45, 2.75) is 20.3 Å². The van der Waals surface area contributed by atoms with Crippen LogP contribution in [0, 0.1) is 0 Å². The van der Waals surface area contributed by atoms with Crippen LogP contribution in [0.4, 0.5) is 0 Å². The second kappa shape index (κ2) is 5.35. The SMILES string of the molecule is C/C=N\N(C)/C=C\CC. The molecule has 52 valence electrons. The van der Waals surface area contributed by atoms with Crippen LogP contribution in [0.5, 0.6) is 0 Å². The summed E-state index contributed by atoms with van der Waals surface area (Å²) in [4.78, 5) is 0. The number of hydrogen-bond acceptors (Lipinski definition) is 2. The molecule has 0 atom stereocenters. The molecule has 0 amide bonds. The molecule has 0 unspecified atom stereocenters. The summed E-state index contributed by atoms with van der Waals surface area (Å²) in [6, 6.07) is 0. The van der Waals surface area contributed by atoms with Gasteiger partial charge in [-0.1, -0.05) is 13.0 Å². The Labute approximate surface area is 56.9 Å². The Kier molecular flexibility index (Phi) is 4.88. The van der Waals surface area contributed by atoms with Crippen molar-refractivity contribution in [3.8, 4) is 0 Å². The van der Waals surface area contributed by atoms with Gasteiger partial charge < -0.3 is 0 Å². The molecule has 0 saturated heterocycles. The summed E-state index contributed by atoms with van der Waals surface area (Å²) in [7, 11) is 1.91. The van der Waals surface area contributed by atoms with E-state index in [4.69, 9.17) is 0 Å². The number of hydrogen-bond donors (Lipinski definition) is 0. The van der Waals surface area contributed by atoms with Crippen molar-refractivity contribution in [3.05, 3.63) is 12.3 Å². The molecule has 0 bridgehead atoms. The summed E-state index contributed by atoms with van der Waals surface area (Å²) in [5, 5.41) is 5.76. The highest BCUT2D eigenvalue weighted by Crippen LogP contribution is 1.85. The molecular weight excluding hydrogens is 112 g/mol. The fourth-order valence-electron chi connectivity index (χ4n) is 0.479. The van der Waals surface area contributed by atoms with E-state index in [-0.39, 0.29) is 0 Å². The molecule has 0 saturated carbocycles. The van der Waals surface area contributed by atoms with Gasteiger partial charge in [0.25, 0.3) is 0 Å². The molecule has 0 aromatic carbocycles. The summed E-state index contributed by atoms with van der Waals surface area (Å²) >= 11 is 0. The van der Waals surface area contributed by atoms with E-state index in [1.807, 2.05) is 20.2 Å². The molecule has 2 heteroatoms. The van der Waals surface area contributed by atoms with Crippen molar-refractivity contribution < 1.29 is 0 Å². The highest BCUT2D eigenvalue weighted by Gasteiger charge is 1.76. The van der Waals surface area contributed by atoms with E-state index in [9.17, 15) is 0 Å². The van der Waals surface area contributed by atoms with Gasteiger partial charge >= 0.3 is 0 Å². The average Bonchev–Trinajstić information content (AvgIpc) is 1.85. The zero-order chi connectivity index (χ0) is 7.11. The van der Waals surface area contributed by atoms with Crippen LogP contribution in [-0.4, -0.2) is 18.3 Å². The summed E-state index contributed by atoms with van der Waals surface area (Å²) in [6.45, 7) is 4.00.